The van der Waals surface area contributed by atoms with Crippen LogP contribution in [0.15, 0.2) is 36.7 Å². The van der Waals surface area contributed by atoms with E-state index in [0.29, 0.717) is 29.9 Å². The van der Waals surface area contributed by atoms with Gasteiger partial charge in [-0.1, -0.05) is 25.1 Å². The van der Waals surface area contributed by atoms with Crippen LogP contribution in [-0.4, -0.2) is 57.0 Å². The summed E-state index contributed by atoms with van der Waals surface area (Å²) < 4.78 is 43.9. The van der Waals surface area contributed by atoms with Gasteiger partial charge in [-0.3, -0.25) is 13.9 Å². The SMILES string of the molecule is CCOc1nc(N)nc2c1ncn2C(C)OC(CC)COP(=O)(NC(C)C(=O)OC(C)C)Oc1ccccc1. The van der Waals surface area contributed by atoms with E-state index in [4.69, 9.17) is 29.0 Å². The van der Waals surface area contributed by atoms with Gasteiger partial charge in [0, 0.05) is 0 Å². The first-order valence-corrected chi connectivity index (χ1v) is 14.3. The molecule has 0 bridgehead atoms. The van der Waals surface area contributed by atoms with Crippen molar-refractivity contribution in [2.24, 2.45) is 0 Å². The van der Waals surface area contributed by atoms with Crippen molar-refractivity contribution in [2.75, 3.05) is 18.9 Å². The number of esters is 1. The standard InChI is InChI=1S/C25H37N6O7P/c1-7-19(37-18(6)31-15-27-21-22(31)28-25(26)29-23(21)34-8-2)14-35-39(33,38-20-12-10-9-11-13-20)30-17(5)24(32)36-16(3)4/h9-13,15-19H,7-8,14H2,1-6H3,(H,30,33)(H2,26,28,29). The van der Waals surface area contributed by atoms with E-state index in [1.807, 2.05) is 20.8 Å². The molecule has 0 fully saturated rings. The average molecular weight is 565 g/mol. The predicted molar refractivity (Wildman–Crippen MR) is 145 cm³/mol. The maximum atomic E-state index is 13.8. The van der Waals surface area contributed by atoms with Gasteiger partial charge in [-0.2, -0.15) is 15.1 Å². The minimum Gasteiger partial charge on any atom is -0.476 e. The number of nitrogens with one attached hydrogen (secondary N) is 1. The van der Waals surface area contributed by atoms with E-state index >= 15 is 0 Å². The summed E-state index contributed by atoms with van der Waals surface area (Å²) in [5, 5.41) is 2.68. The van der Waals surface area contributed by atoms with E-state index in [1.165, 1.54) is 6.92 Å². The van der Waals surface area contributed by atoms with Crippen molar-refractivity contribution in [1.82, 2.24) is 24.6 Å². The molecular formula is C25H37N6O7P. The molecule has 0 amide bonds. The summed E-state index contributed by atoms with van der Waals surface area (Å²) in [6.45, 7) is 10.8. The second-order valence-corrected chi connectivity index (χ2v) is 10.6. The fraction of sp³-hybridized carbons (Fsp3) is 0.520. The number of aromatic nitrogens is 4. The van der Waals surface area contributed by atoms with E-state index in [1.54, 1.807) is 55.1 Å². The maximum absolute atomic E-state index is 13.8. The van der Waals surface area contributed by atoms with Crippen molar-refractivity contribution >= 4 is 30.8 Å². The number of benzene rings is 1. The van der Waals surface area contributed by atoms with Gasteiger partial charge in [0.1, 0.15) is 18.0 Å². The third-order valence-electron chi connectivity index (χ3n) is 5.38. The van der Waals surface area contributed by atoms with Gasteiger partial charge in [0.15, 0.2) is 11.2 Å². The van der Waals surface area contributed by atoms with Crippen molar-refractivity contribution < 1.29 is 32.6 Å². The number of nitrogens with two attached hydrogens (primary N) is 1. The molecule has 3 rings (SSSR count). The largest absolute Gasteiger partial charge is 0.476 e. The fourth-order valence-electron chi connectivity index (χ4n) is 3.52. The predicted octanol–water partition coefficient (Wildman–Crippen LogP) is 4.25. The van der Waals surface area contributed by atoms with E-state index < -0.39 is 32.1 Å². The lowest BCUT2D eigenvalue weighted by Crippen LogP contribution is -2.37. The number of hydrogen-bond acceptors (Lipinski definition) is 11. The van der Waals surface area contributed by atoms with Gasteiger partial charge >= 0.3 is 13.7 Å². The van der Waals surface area contributed by atoms with Gasteiger partial charge in [-0.05, 0) is 53.2 Å². The molecule has 39 heavy (non-hydrogen) atoms. The van der Waals surface area contributed by atoms with Crippen LogP contribution < -0.4 is 20.1 Å². The Hall–Kier alpha value is -3.25. The molecule has 214 valence electrons. The molecule has 13 nitrogen and oxygen atoms in total. The molecule has 0 aliphatic heterocycles. The van der Waals surface area contributed by atoms with Gasteiger partial charge in [-0.15, -0.1) is 0 Å². The molecule has 0 radical (unpaired) electrons. The summed E-state index contributed by atoms with van der Waals surface area (Å²) in [5.74, 6) is 0.0661. The lowest BCUT2D eigenvalue weighted by atomic mass is 10.3. The van der Waals surface area contributed by atoms with Gasteiger partial charge in [0.2, 0.25) is 11.8 Å². The molecule has 0 aliphatic rings. The average Bonchev–Trinajstić information content (AvgIpc) is 3.31. The number of rotatable bonds is 15. The number of anilines is 1. The molecule has 0 aliphatic carbocycles. The minimum atomic E-state index is -4.03. The third-order valence-corrected chi connectivity index (χ3v) is 7.02. The zero-order chi connectivity index (χ0) is 28.6. The van der Waals surface area contributed by atoms with Crippen LogP contribution >= 0.6 is 7.75 Å². The molecule has 3 aromatic rings. The highest BCUT2D eigenvalue weighted by Gasteiger charge is 2.33. The Morgan fingerprint density at radius 1 is 1.13 bits per heavy atom. The highest BCUT2D eigenvalue weighted by molar-refractivity contribution is 7.52. The summed E-state index contributed by atoms with van der Waals surface area (Å²) >= 11 is 0. The van der Waals surface area contributed by atoms with Crippen LogP contribution in [0.1, 0.15) is 54.2 Å². The lowest BCUT2D eigenvalue weighted by Gasteiger charge is -2.26. The Morgan fingerprint density at radius 3 is 2.49 bits per heavy atom. The second kappa shape index (κ2) is 13.7. The third kappa shape index (κ3) is 8.37. The first-order valence-electron chi connectivity index (χ1n) is 12.8. The Bertz CT molecular complexity index is 1270. The highest BCUT2D eigenvalue weighted by Crippen LogP contribution is 2.45. The van der Waals surface area contributed by atoms with E-state index in [2.05, 4.69) is 20.0 Å². The van der Waals surface area contributed by atoms with Crippen LogP contribution in [0, 0.1) is 0 Å². The van der Waals surface area contributed by atoms with Crippen LogP contribution in [0.3, 0.4) is 0 Å². The molecule has 0 saturated carbocycles. The second-order valence-electron chi connectivity index (χ2n) is 8.94. The van der Waals surface area contributed by atoms with Crippen molar-refractivity contribution in [1.29, 1.82) is 0 Å². The van der Waals surface area contributed by atoms with Gasteiger partial charge in [0.05, 0.1) is 31.7 Å². The van der Waals surface area contributed by atoms with Gasteiger partial charge in [0.25, 0.3) is 0 Å². The number of imidazole rings is 1. The zero-order valence-electron chi connectivity index (χ0n) is 23.1. The Kier molecular flexibility index (Phi) is 10.6. The number of para-hydroxylation sites is 1. The normalized spacial score (nSPS) is 15.5. The topological polar surface area (TPSA) is 162 Å². The van der Waals surface area contributed by atoms with Crippen LogP contribution in [0.5, 0.6) is 11.6 Å². The molecule has 4 unspecified atom stereocenters. The first-order chi connectivity index (χ1) is 18.5. The van der Waals surface area contributed by atoms with Crippen molar-refractivity contribution in [3.63, 3.8) is 0 Å². The molecule has 2 aromatic heterocycles. The number of nitrogen functional groups attached to an aromatic ring is 1. The Morgan fingerprint density at radius 2 is 1.85 bits per heavy atom. The summed E-state index contributed by atoms with van der Waals surface area (Å²) in [4.78, 5) is 25.1. The van der Waals surface area contributed by atoms with Crippen LogP contribution in [0.25, 0.3) is 11.2 Å². The van der Waals surface area contributed by atoms with Crippen molar-refractivity contribution in [2.45, 2.75) is 72.4 Å². The summed E-state index contributed by atoms with van der Waals surface area (Å²) in [6, 6.07) is 7.59. The maximum Gasteiger partial charge on any atom is 0.459 e. The van der Waals surface area contributed by atoms with Gasteiger partial charge in [-0.25, -0.2) is 9.55 Å². The number of carbonyl (C=O) groups is 1. The summed E-state index contributed by atoms with van der Waals surface area (Å²) in [7, 11) is -4.03. The van der Waals surface area contributed by atoms with Crippen LogP contribution in [-0.2, 0) is 23.4 Å². The number of carbonyl (C=O) groups excluding carboxylic acids is 1. The van der Waals surface area contributed by atoms with Gasteiger partial charge < -0.3 is 24.5 Å². The molecule has 3 N–H and O–H groups in total. The number of fused-ring (bicyclic) bond motifs is 1. The summed E-state index contributed by atoms with van der Waals surface area (Å²) in [5.41, 5.74) is 6.77. The zero-order valence-corrected chi connectivity index (χ0v) is 24.0. The fourth-order valence-corrected chi connectivity index (χ4v) is 5.04. The Balaban J connectivity index is 1.75. The highest BCUT2D eigenvalue weighted by atomic mass is 31.2. The smallest absolute Gasteiger partial charge is 0.459 e. The van der Waals surface area contributed by atoms with Crippen molar-refractivity contribution in [3.8, 4) is 11.6 Å². The monoisotopic (exact) mass is 564 g/mol. The van der Waals surface area contributed by atoms with Crippen LogP contribution in [0.4, 0.5) is 5.95 Å². The van der Waals surface area contributed by atoms with E-state index in [9.17, 15) is 9.36 Å². The van der Waals surface area contributed by atoms with Crippen LogP contribution in [0.2, 0.25) is 0 Å². The molecule has 4 atom stereocenters. The van der Waals surface area contributed by atoms with E-state index in [0.717, 1.165) is 0 Å². The number of nitrogens with zero attached hydrogens (tertiary/aromatic N) is 4. The van der Waals surface area contributed by atoms with E-state index in [-0.39, 0.29) is 24.5 Å². The molecule has 0 saturated heterocycles. The number of ether oxygens (including phenoxy) is 3. The quantitative estimate of drug-likeness (QED) is 0.200. The molecule has 2 heterocycles. The molecule has 1 aromatic carbocycles. The first kappa shape index (κ1) is 30.3. The molecular weight excluding hydrogens is 527 g/mol. The lowest BCUT2D eigenvalue weighted by molar-refractivity contribution is -0.149. The molecule has 14 heteroatoms. The molecule has 0 spiro atoms. The Labute approximate surface area is 227 Å². The number of hydrogen-bond donors (Lipinski definition) is 2. The van der Waals surface area contributed by atoms with Crippen molar-refractivity contribution in [3.05, 3.63) is 36.7 Å². The summed E-state index contributed by atoms with van der Waals surface area (Å²) in [6.07, 6.45) is 0.701. The minimum absolute atomic E-state index is 0.0467.